The lowest BCUT2D eigenvalue weighted by Crippen LogP contribution is -2.40. The average molecular weight is 154 g/mol. The molecule has 2 rings (SSSR count). The molecule has 3 N–H and O–H groups in total. The van der Waals surface area contributed by atoms with Crippen LogP contribution < -0.4 is 11.1 Å². The summed E-state index contributed by atoms with van der Waals surface area (Å²) in [7, 11) is 0. The highest BCUT2D eigenvalue weighted by Gasteiger charge is 2.46. The fourth-order valence-electron chi connectivity index (χ4n) is 2.22. The summed E-state index contributed by atoms with van der Waals surface area (Å²) in [5.41, 5.74) is 5.87. The minimum atomic E-state index is 0.0671. The lowest BCUT2D eigenvalue weighted by molar-refractivity contribution is -0.122. The van der Waals surface area contributed by atoms with Crippen molar-refractivity contribution in [1.29, 1.82) is 0 Å². The van der Waals surface area contributed by atoms with E-state index in [1.54, 1.807) is 0 Å². The lowest BCUT2D eigenvalue weighted by atomic mass is 9.79. The number of nitrogens with one attached hydrogen (secondary N) is 1. The van der Waals surface area contributed by atoms with Crippen molar-refractivity contribution in [2.75, 3.05) is 0 Å². The Labute approximate surface area is 66.3 Å². The molecule has 2 bridgehead atoms. The molecular weight excluding hydrogens is 140 g/mol. The summed E-state index contributed by atoms with van der Waals surface area (Å²) in [5.74, 6) is 0.256. The van der Waals surface area contributed by atoms with Crippen LogP contribution in [0, 0.1) is 5.92 Å². The number of rotatable bonds is 0. The molecule has 0 spiro atoms. The SMILES string of the molecule is C[C@]12CC[C@H](N)[C@@H](C1)C(=O)N2. The molecule has 0 unspecified atom stereocenters. The Morgan fingerprint density at radius 1 is 1.73 bits per heavy atom. The molecule has 1 aliphatic carbocycles. The van der Waals surface area contributed by atoms with Gasteiger partial charge in [0.25, 0.3) is 0 Å². The number of amides is 1. The van der Waals surface area contributed by atoms with Crippen LogP contribution in [0.1, 0.15) is 26.2 Å². The first-order valence-corrected chi connectivity index (χ1v) is 4.18. The average Bonchev–Trinajstić information content (AvgIpc) is 2.18. The molecular formula is C8H14N2O. The van der Waals surface area contributed by atoms with Crippen LogP contribution in [0.5, 0.6) is 0 Å². The van der Waals surface area contributed by atoms with Gasteiger partial charge in [-0.25, -0.2) is 0 Å². The second kappa shape index (κ2) is 1.97. The van der Waals surface area contributed by atoms with Crippen LogP contribution in [0.4, 0.5) is 0 Å². The topological polar surface area (TPSA) is 55.1 Å². The second-order valence-electron chi connectivity index (χ2n) is 4.06. The zero-order chi connectivity index (χ0) is 8.06. The molecule has 3 nitrogen and oxygen atoms in total. The summed E-state index contributed by atoms with van der Waals surface area (Å²) < 4.78 is 0. The van der Waals surface area contributed by atoms with E-state index in [1.165, 1.54) is 0 Å². The van der Waals surface area contributed by atoms with E-state index in [1.807, 2.05) is 0 Å². The number of hydrogen-bond acceptors (Lipinski definition) is 2. The van der Waals surface area contributed by atoms with Crippen LogP contribution in [0.25, 0.3) is 0 Å². The number of carbonyl (C=O) groups is 1. The van der Waals surface area contributed by atoms with Crippen molar-refractivity contribution in [2.24, 2.45) is 11.7 Å². The molecule has 1 saturated carbocycles. The summed E-state index contributed by atoms with van der Waals surface area (Å²) in [6.07, 6.45) is 2.96. The van der Waals surface area contributed by atoms with Gasteiger partial charge in [-0.3, -0.25) is 4.79 Å². The predicted octanol–water partition coefficient (Wildman–Crippen LogP) is 0.00230. The lowest BCUT2D eigenvalue weighted by Gasteiger charge is -2.30. The zero-order valence-corrected chi connectivity index (χ0v) is 6.76. The molecule has 0 radical (unpaired) electrons. The van der Waals surface area contributed by atoms with Crippen molar-refractivity contribution in [3.63, 3.8) is 0 Å². The molecule has 2 fully saturated rings. The minimum Gasteiger partial charge on any atom is -0.351 e. The van der Waals surface area contributed by atoms with Gasteiger partial charge in [0.2, 0.25) is 5.91 Å². The fourth-order valence-corrected chi connectivity index (χ4v) is 2.22. The van der Waals surface area contributed by atoms with Crippen LogP contribution in [-0.4, -0.2) is 17.5 Å². The van der Waals surface area contributed by atoms with Gasteiger partial charge in [0.05, 0.1) is 5.92 Å². The molecule has 1 saturated heterocycles. The van der Waals surface area contributed by atoms with Crippen molar-refractivity contribution < 1.29 is 4.79 Å². The summed E-state index contributed by atoms with van der Waals surface area (Å²) in [4.78, 5) is 11.3. The first kappa shape index (κ1) is 7.10. The molecule has 0 aromatic heterocycles. The van der Waals surface area contributed by atoms with Crippen LogP contribution in [-0.2, 0) is 4.79 Å². The van der Waals surface area contributed by atoms with Gasteiger partial charge in [0.1, 0.15) is 0 Å². The Morgan fingerprint density at radius 3 is 3.09 bits per heavy atom. The van der Waals surface area contributed by atoms with Crippen molar-refractivity contribution in [2.45, 2.75) is 37.8 Å². The normalized spacial score (nSPS) is 49.1. The van der Waals surface area contributed by atoms with Gasteiger partial charge in [-0.1, -0.05) is 0 Å². The number of hydrogen-bond donors (Lipinski definition) is 2. The second-order valence-corrected chi connectivity index (χ2v) is 4.06. The Bertz CT molecular complexity index is 204. The molecule has 2 aliphatic rings. The van der Waals surface area contributed by atoms with Crippen molar-refractivity contribution in [1.82, 2.24) is 5.32 Å². The van der Waals surface area contributed by atoms with Gasteiger partial charge in [0, 0.05) is 11.6 Å². The highest BCUT2D eigenvalue weighted by Crippen LogP contribution is 2.36. The first-order chi connectivity index (χ1) is 5.11. The predicted molar refractivity (Wildman–Crippen MR) is 41.9 cm³/mol. The monoisotopic (exact) mass is 154 g/mol. The molecule has 1 heterocycles. The maximum Gasteiger partial charge on any atom is 0.225 e. The van der Waals surface area contributed by atoms with E-state index in [0.29, 0.717) is 0 Å². The molecule has 3 atom stereocenters. The third-order valence-electron chi connectivity index (χ3n) is 2.98. The van der Waals surface area contributed by atoms with Gasteiger partial charge in [-0.15, -0.1) is 0 Å². The van der Waals surface area contributed by atoms with Crippen LogP contribution >= 0.6 is 0 Å². The minimum absolute atomic E-state index is 0.0671. The first-order valence-electron chi connectivity index (χ1n) is 4.18. The van der Waals surface area contributed by atoms with Crippen molar-refractivity contribution in [3.05, 3.63) is 0 Å². The Morgan fingerprint density at radius 2 is 2.45 bits per heavy atom. The Balaban J connectivity index is 2.24. The zero-order valence-electron chi connectivity index (χ0n) is 6.76. The molecule has 62 valence electrons. The fraction of sp³-hybridized carbons (Fsp3) is 0.875. The quantitative estimate of drug-likeness (QED) is 0.516. The maximum absolute atomic E-state index is 11.3. The third-order valence-corrected chi connectivity index (χ3v) is 2.98. The van der Waals surface area contributed by atoms with Crippen molar-refractivity contribution in [3.8, 4) is 0 Å². The van der Waals surface area contributed by atoms with E-state index in [0.717, 1.165) is 19.3 Å². The van der Waals surface area contributed by atoms with E-state index in [9.17, 15) is 4.79 Å². The molecule has 0 aromatic rings. The molecule has 0 aromatic carbocycles. The summed E-state index contributed by atoms with van der Waals surface area (Å²) in [5, 5.41) is 3.00. The van der Waals surface area contributed by atoms with Gasteiger partial charge in [-0.2, -0.15) is 0 Å². The number of nitrogens with two attached hydrogens (primary N) is 1. The summed E-state index contributed by atoms with van der Waals surface area (Å²) in [6, 6.07) is 0.102. The molecule has 1 aliphatic heterocycles. The van der Waals surface area contributed by atoms with Crippen molar-refractivity contribution >= 4 is 5.91 Å². The van der Waals surface area contributed by atoms with E-state index >= 15 is 0 Å². The standard InChI is InChI=1S/C8H14N2O/c1-8-3-2-6(9)5(4-8)7(11)10-8/h5-6H,2-4,9H2,1H3,(H,10,11)/t5-,6+,8+/m1/s1. The number of carbonyl (C=O) groups excluding carboxylic acids is 1. The van der Waals surface area contributed by atoms with Gasteiger partial charge in [-0.05, 0) is 26.2 Å². The van der Waals surface area contributed by atoms with Crippen LogP contribution in [0.2, 0.25) is 0 Å². The highest BCUT2D eigenvalue weighted by molar-refractivity contribution is 5.83. The maximum atomic E-state index is 11.3. The Kier molecular flexibility index (Phi) is 1.27. The van der Waals surface area contributed by atoms with Crippen LogP contribution in [0.3, 0.4) is 0 Å². The van der Waals surface area contributed by atoms with E-state index in [4.69, 9.17) is 5.73 Å². The molecule has 3 heteroatoms. The molecule has 1 amide bonds. The van der Waals surface area contributed by atoms with Gasteiger partial charge in [0.15, 0.2) is 0 Å². The molecule has 11 heavy (non-hydrogen) atoms. The largest absolute Gasteiger partial charge is 0.351 e. The Hall–Kier alpha value is -0.570. The smallest absolute Gasteiger partial charge is 0.225 e. The third kappa shape index (κ3) is 0.948. The van der Waals surface area contributed by atoms with E-state index in [-0.39, 0.29) is 23.4 Å². The van der Waals surface area contributed by atoms with E-state index in [2.05, 4.69) is 12.2 Å². The summed E-state index contributed by atoms with van der Waals surface area (Å²) in [6.45, 7) is 2.11. The van der Waals surface area contributed by atoms with Gasteiger partial charge >= 0.3 is 0 Å². The van der Waals surface area contributed by atoms with Crippen LogP contribution in [0.15, 0.2) is 0 Å². The number of fused-ring (bicyclic) bond motifs is 2. The highest BCUT2D eigenvalue weighted by atomic mass is 16.2. The van der Waals surface area contributed by atoms with Gasteiger partial charge < -0.3 is 11.1 Å². The van der Waals surface area contributed by atoms with E-state index < -0.39 is 0 Å². The summed E-state index contributed by atoms with van der Waals surface area (Å²) >= 11 is 0.